The van der Waals surface area contributed by atoms with E-state index in [1.165, 1.54) is 20.1 Å². The van der Waals surface area contributed by atoms with Gasteiger partial charge in [0.05, 0.1) is 13.0 Å². The molecule has 4 nitrogen and oxygen atoms in total. The Morgan fingerprint density at radius 2 is 1.69 bits per heavy atom. The molecule has 0 aliphatic heterocycles. The first-order valence-electron chi connectivity index (χ1n) is 8.09. The number of halogens is 3. The first kappa shape index (κ1) is 20.0. The summed E-state index contributed by atoms with van der Waals surface area (Å²) in [5.41, 5.74) is -1.27. The Morgan fingerprint density at radius 3 is 2.27 bits per heavy atom. The molecule has 0 saturated heterocycles. The Bertz CT molecular complexity index is 754. The number of hydrogen-bond acceptors (Lipinski definition) is 4. The van der Waals surface area contributed by atoms with Crippen molar-refractivity contribution in [2.75, 3.05) is 7.11 Å². The van der Waals surface area contributed by atoms with Crippen LogP contribution in [-0.4, -0.2) is 19.0 Å². The van der Waals surface area contributed by atoms with Crippen LogP contribution in [0.5, 0.6) is 0 Å². The van der Waals surface area contributed by atoms with Gasteiger partial charge in [-0.1, -0.05) is 19.9 Å². The molecule has 142 valence electrons. The van der Waals surface area contributed by atoms with E-state index in [2.05, 4.69) is 4.74 Å². The van der Waals surface area contributed by atoms with Crippen molar-refractivity contribution in [3.05, 3.63) is 46.3 Å². The average Bonchev–Trinajstić information content (AvgIpc) is 3.16. The third-order valence-electron chi connectivity index (χ3n) is 5.06. The summed E-state index contributed by atoms with van der Waals surface area (Å²) in [5, 5.41) is 0. The lowest BCUT2D eigenvalue weighted by Crippen LogP contribution is -2.13. The fourth-order valence-electron chi connectivity index (χ4n) is 3.11. The summed E-state index contributed by atoms with van der Waals surface area (Å²) in [6.45, 7) is 5.52. The predicted octanol–water partition coefficient (Wildman–Crippen LogP) is 3.77. The fourth-order valence-corrected chi connectivity index (χ4v) is 3.11. The largest absolute Gasteiger partial charge is 0.466 e. The summed E-state index contributed by atoms with van der Waals surface area (Å²) in [5.74, 6) is -5.30. The van der Waals surface area contributed by atoms with Crippen LogP contribution in [-0.2, 0) is 25.7 Å². The lowest BCUT2D eigenvalue weighted by atomic mass is 10.0. The normalized spacial score (nSPS) is 20.9. The van der Waals surface area contributed by atoms with Crippen molar-refractivity contribution in [1.82, 2.24) is 0 Å². The van der Waals surface area contributed by atoms with Crippen LogP contribution in [0, 0.1) is 48.5 Å². The van der Waals surface area contributed by atoms with E-state index in [-0.39, 0.29) is 17.0 Å². The molecule has 1 aromatic rings. The van der Waals surface area contributed by atoms with Gasteiger partial charge in [-0.05, 0) is 30.7 Å². The van der Waals surface area contributed by atoms with Gasteiger partial charge in [-0.2, -0.15) is 0 Å². The van der Waals surface area contributed by atoms with Crippen molar-refractivity contribution < 1.29 is 32.2 Å². The molecule has 0 radical (unpaired) electrons. The monoisotopic (exact) mass is 370 g/mol. The number of methoxy groups -OCH3 is 1. The highest BCUT2D eigenvalue weighted by molar-refractivity contribution is 5.83. The number of benzene rings is 1. The SMILES string of the molecule is COC(=O)/C=C\[C@H]1[C@@H](C(=O)OCc2c(C)c(F)c(C)c(F)c2F)C1(C)C. The number of allylic oxidation sites excluding steroid dienone is 1. The minimum atomic E-state index is -1.29. The molecule has 2 rings (SSSR count). The molecule has 1 aromatic carbocycles. The summed E-state index contributed by atoms with van der Waals surface area (Å²) in [7, 11) is 1.24. The molecule has 0 unspecified atom stereocenters. The average molecular weight is 370 g/mol. The Hall–Kier alpha value is -2.31. The zero-order valence-electron chi connectivity index (χ0n) is 15.3. The molecule has 0 aromatic heterocycles. The maximum atomic E-state index is 14.1. The van der Waals surface area contributed by atoms with Crippen LogP contribution in [0.25, 0.3) is 0 Å². The Kier molecular flexibility index (Phi) is 5.49. The number of hydrogen-bond donors (Lipinski definition) is 0. The number of carbonyl (C=O) groups excluding carboxylic acids is 2. The van der Waals surface area contributed by atoms with Gasteiger partial charge in [0, 0.05) is 17.2 Å². The van der Waals surface area contributed by atoms with E-state index in [4.69, 9.17) is 4.74 Å². The van der Waals surface area contributed by atoms with E-state index in [1.54, 1.807) is 6.08 Å². The second kappa shape index (κ2) is 7.13. The molecule has 1 saturated carbocycles. The summed E-state index contributed by atoms with van der Waals surface area (Å²) in [6.07, 6.45) is 2.79. The van der Waals surface area contributed by atoms with Crippen LogP contribution >= 0.6 is 0 Å². The van der Waals surface area contributed by atoms with Crippen LogP contribution in [0.3, 0.4) is 0 Å². The molecular weight excluding hydrogens is 349 g/mol. The predicted molar refractivity (Wildman–Crippen MR) is 87.5 cm³/mol. The number of carbonyl (C=O) groups is 2. The third kappa shape index (κ3) is 3.48. The molecule has 0 amide bonds. The molecule has 7 heteroatoms. The highest BCUT2D eigenvalue weighted by Gasteiger charge is 2.61. The van der Waals surface area contributed by atoms with Crippen molar-refractivity contribution in [3.8, 4) is 0 Å². The zero-order valence-corrected chi connectivity index (χ0v) is 15.3. The maximum Gasteiger partial charge on any atom is 0.330 e. The van der Waals surface area contributed by atoms with E-state index in [0.717, 1.165) is 6.92 Å². The van der Waals surface area contributed by atoms with E-state index in [1.807, 2.05) is 13.8 Å². The molecule has 2 atom stereocenters. The van der Waals surface area contributed by atoms with Crippen molar-refractivity contribution in [2.24, 2.45) is 17.3 Å². The summed E-state index contributed by atoms with van der Waals surface area (Å²) in [6, 6.07) is 0. The molecule has 0 heterocycles. The Balaban J connectivity index is 2.11. The van der Waals surface area contributed by atoms with Gasteiger partial charge in [0.15, 0.2) is 11.6 Å². The summed E-state index contributed by atoms with van der Waals surface area (Å²) < 4.78 is 51.3. The number of ether oxygens (including phenoxy) is 2. The molecule has 1 fully saturated rings. The smallest absolute Gasteiger partial charge is 0.330 e. The number of rotatable bonds is 5. The fraction of sp³-hybridized carbons (Fsp3) is 0.474. The first-order chi connectivity index (χ1) is 12.0. The second-order valence-corrected chi connectivity index (χ2v) is 6.99. The minimum absolute atomic E-state index is 0.0913. The Morgan fingerprint density at radius 1 is 1.08 bits per heavy atom. The third-order valence-corrected chi connectivity index (χ3v) is 5.06. The van der Waals surface area contributed by atoms with Crippen molar-refractivity contribution in [1.29, 1.82) is 0 Å². The zero-order chi connectivity index (χ0) is 19.8. The minimum Gasteiger partial charge on any atom is -0.466 e. The topological polar surface area (TPSA) is 52.6 Å². The lowest BCUT2D eigenvalue weighted by molar-refractivity contribution is -0.147. The van der Waals surface area contributed by atoms with Crippen molar-refractivity contribution in [3.63, 3.8) is 0 Å². The van der Waals surface area contributed by atoms with Crippen LogP contribution in [0.4, 0.5) is 13.2 Å². The standard InChI is InChI=1S/C19H21F3O4/c1-9-11(17(22)16(21)10(2)15(9)20)8-26-18(24)14-12(19(14,3)4)6-7-13(23)25-5/h6-7,12,14H,8H2,1-5H3/b7-6-/t12-,14-/m0/s1. The highest BCUT2D eigenvalue weighted by atomic mass is 19.2. The van der Waals surface area contributed by atoms with Crippen LogP contribution in [0.1, 0.15) is 30.5 Å². The van der Waals surface area contributed by atoms with Gasteiger partial charge in [0.1, 0.15) is 12.4 Å². The highest BCUT2D eigenvalue weighted by Crippen LogP contribution is 2.59. The maximum absolute atomic E-state index is 14.1. The van der Waals surface area contributed by atoms with Gasteiger partial charge >= 0.3 is 11.9 Å². The molecule has 1 aliphatic carbocycles. The lowest BCUT2D eigenvalue weighted by Gasteiger charge is -2.13. The van der Waals surface area contributed by atoms with Crippen molar-refractivity contribution in [2.45, 2.75) is 34.3 Å². The molecule has 0 N–H and O–H groups in total. The Labute approximate surface area is 150 Å². The van der Waals surface area contributed by atoms with Crippen LogP contribution in [0.15, 0.2) is 12.2 Å². The van der Waals surface area contributed by atoms with Crippen LogP contribution < -0.4 is 0 Å². The van der Waals surface area contributed by atoms with Gasteiger partial charge in [-0.3, -0.25) is 4.79 Å². The molecule has 0 bridgehead atoms. The quantitative estimate of drug-likeness (QED) is 0.450. The van der Waals surface area contributed by atoms with Gasteiger partial charge in [0.25, 0.3) is 0 Å². The van der Waals surface area contributed by atoms with E-state index in [9.17, 15) is 22.8 Å². The second-order valence-electron chi connectivity index (χ2n) is 6.99. The number of esters is 2. The van der Waals surface area contributed by atoms with Crippen molar-refractivity contribution >= 4 is 11.9 Å². The summed E-state index contributed by atoms with van der Waals surface area (Å²) >= 11 is 0. The first-order valence-corrected chi connectivity index (χ1v) is 8.09. The molecule has 26 heavy (non-hydrogen) atoms. The van der Waals surface area contributed by atoms with Gasteiger partial charge in [-0.25, -0.2) is 18.0 Å². The van der Waals surface area contributed by atoms with Gasteiger partial charge in [-0.15, -0.1) is 0 Å². The van der Waals surface area contributed by atoms with E-state index < -0.39 is 52.9 Å². The summed E-state index contributed by atoms with van der Waals surface area (Å²) in [4.78, 5) is 23.5. The van der Waals surface area contributed by atoms with Gasteiger partial charge < -0.3 is 9.47 Å². The van der Waals surface area contributed by atoms with E-state index >= 15 is 0 Å². The van der Waals surface area contributed by atoms with Gasteiger partial charge in [0.2, 0.25) is 0 Å². The molecular formula is C19H21F3O4. The molecule has 1 aliphatic rings. The van der Waals surface area contributed by atoms with E-state index in [0.29, 0.717) is 0 Å². The molecule has 0 spiro atoms. The van der Waals surface area contributed by atoms with Crippen LogP contribution in [0.2, 0.25) is 0 Å².